The minimum atomic E-state index is -4.41. The van der Waals surface area contributed by atoms with Gasteiger partial charge in [-0.2, -0.15) is 13.2 Å². The molecule has 0 fully saturated rings. The third-order valence-corrected chi connectivity index (χ3v) is 5.81. The maximum atomic E-state index is 13.0. The first kappa shape index (κ1) is 26.8. The van der Waals surface area contributed by atoms with Gasteiger partial charge in [-0.25, -0.2) is 4.79 Å². The smallest absolute Gasteiger partial charge is 0.416 e. The Morgan fingerprint density at radius 3 is 2.31 bits per heavy atom. The van der Waals surface area contributed by atoms with Crippen LogP contribution >= 0.6 is 11.8 Å². The lowest BCUT2D eigenvalue weighted by molar-refractivity contribution is -0.211. The summed E-state index contributed by atoms with van der Waals surface area (Å²) in [5.41, 5.74) is 2.02. The summed E-state index contributed by atoms with van der Waals surface area (Å²) < 4.78 is 44.2. The van der Waals surface area contributed by atoms with E-state index in [4.69, 9.17) is 9.62 Å². The number of methoxy groups -OCH3 is 1. The van der Waals surface area contributed by atoms with Crippen LogP contribution in [0.15, 0.2) is 77.7 Å². The molecule has 0 aliphatic heterocycles. The first-order valence-corrected chi connectivity index (χ1v) is 11.8. The monoisotopic (exact) mass is 512 g/mol. The predicted octanol–water partition coefficient (Wildman–Crippen LogP) is 7.11. The molecule has 0 bridgehead atoms. The number of hydrogen-bond acceptors (Lipinski definition) is 5. The lowest BCUT2D eigenvalue weighted by Crippen LogP contribution is -2.04. The van der Waals surface area contributed by atoms with Crippen LogP contribution in [0.25, 0.3) is 5.57 Å². The third kappa shape index (κ3) is 7.85. The molecule has 8 heteroatoms. The predicted molar refractivity (Wildman–Crippen MR) is 134 cm³/mol. The first-order chi connectivity index (χ1) is 17.2. The number of hydrogen-bond donors (Lipinski definition) is 0. The number of halogens is 3. The van der Waals surface area contributed by atoms with Crippen LogP contribution in [0.1, 0.15) is 29.2 Å². The van der Waals surface area contributed by atoms with E-state index in [1.54, 1.807) is 25.3 Å². The zero-order valence-electron chi connectivity index (χ0n) is 19.8. The van der Waals surface area contributed by atoms with Gasteiger partial charge in [0, 0.05) is 28.7 Å². The molecule has 0 heterocycles. The van der Waals surface area contributed by atoms with Crippen molar-refractivity contribution in [3.63, 3.8) is 0 Å². The quantitative estimate of drug-likeness (QED) is 0.146. The molecule has 3 rings (SSSR count). The van der Waals surface area contributed by atoms with E-state index in [2.05, 4.69) is 16.7 Å². The van der Waals surface area contributed by atoms with Crippen molar-refractivity contribution in [2.75, 3.05) is 12.9 Å². The Morgan fingerprint density at radius 2 is 1.72 bits per heavy atom. The average Bonchev–Trinajstić information content (AvgIpc) is 2.85. The first-order valence-electron chi connectivity index (χ1n) is 10.8. The van der Waals surface area contributed by atoms with E-state index in [1.807, 2.05) is 37.3 Å². The zero-order valence-corrected chi connectivity index (χ0v) is 20.6. The Labute approximate surface area is 212 Å². The molecule has 0 aliphatic carbocycles. The molecule has 0 spiro atoms. The van der Waals surface area contributed by atoms with E-state index in [1.165, 1.54) is 30.8 Å². The Hall–Kier alpha value is -3.83. The van der Waals surface area contributed by atoms with Gasteiger partial charge in [0.05, 0.1) is 12.7 Å². The maximum Gasteiger partial charge on any atom is 0.416 e. The highest BCUT2D eigenvalue weighted by Gasteiger charge is 2.30. The van der Waals surface area contributed by atoms with Crippen LogP contribution in [0.2, 0.25) is 0 Å². The fourth-order valence-electron chi connectivity index (χ4n) is 3.02. The highest BCUT2D eigenvalue weighted by atomic mass is 32.2. The molecular weight excluding hydrogens is 489 g/mol. The molecule has 3 aromatic rings. The fraction of sp³-hybridized carbons (Fsp3) is 0.179. The van der Waals surface area contributed by atoms with Gasteiger partial charge in [-0.05, 0) is 72.6 Å². The molecular formula is C28H23F3O4S. The number of aryl methyl sites for hydroxylation is 1. The van der Waals surface area contributed by atoms with Gasteiger partial charge in [-0.15, -0.1) is 11.8 Å². The highest BCUT2D eigenvalue weighted by Crippen LogP contribution is 2.31. The topological polar surface area (TPSA) is 44.8 Å². The van der Waals surface area contributed by atoms with Crippen molar-refractivity contribution in [3.05, 3.63) is 95.1 Å². The van der Waals surface area contributed by atoms with Crippen LogP contribution in [0.3, 0.4) is 0 Å². The van der Waals surface area contributed by atoms with Gasteiger partial charge in [0.15, 0.2) is 5.75 Å². The molecule has 0 unspecified atom stereocenters. The molecule has 3 aromatic carbocycles. The number of allylic oxidation sites excluding steroid dienone is 1. The number of carbonyl (C=O) groups excluding carboxylic acids is 1. The van der Waals surface area contributed by atoms with E-state index in [0.29, 0.717) is 28.4 Å². The molecule has 0 N–H and O–H groups in total. The van der Waals surface area contributed by atoms with Crippen LogP contribution in [-0.4, -0.2) is 18.8 Å². The SMILES string of the molecule is COc1ccc(C#C/C(=C\CSc2ccc(OOC(C)=O)c(C)c2)c2ccc(C(F)(F)F)cc2)cc1. The van der Waals surface area contributed by atoms with E-state index >= 15 is 0 Å². The lowest BCUT2D eigenvalue weighted by Gasteiger charge is -2.08. The normalized spacial score (nSPS) is 11.3. The molecule has 186 valence electrons. The summed E-state index contributed by atoms with van der Waals surface area (Å²) >= 11 is 1.52. The number of carbonyl (C=O) groups is 1. The molecule has 0 saturated heterocycles. The van der Waals surface area contributed by atoms with Crippen LogP contribution in [0.5, 0.6) is 11.5 Å². The summed E-state index contributed by atoms with van der Waals surface area (Å²) in [6.45, 7) is 3.07. The van der Waals surface area contributed by atoms with Crippen LogP contribution < -0.4 is 9.62 Å². The largest absolute Gasteiger partial charge is 0.497 e. The summed E-state index contributed by atoms with van der Waals surface area (Å²) in [5.74, 6) is 7.26. The molecule has 0 aliphatic rings. The van der Waals surface area contributed by atoms with Gasteiger partial charge < -0.3 is 4.74 Å². The molecule has 0 saturated carbocycles. The van der Waals surface area contributed by atoms with Gasteiger partial charge in [0.2, 0.25) is 0 Å². The average molecular weight is 513 g/mol. The number of rotatable bonds is 7. The summed E-state index contributed by atoms with van der Waals surface area (Å²) in [6.07, 6.45) is -2.53. The van der Waals surface area contributed by atoms with Crippen molar-refractivity contribution < 1.29 is 32.5 Å². The summed E-state index contributed by atoms with van der Waals surface area (Å²) in [7, 11) is 1.58. The summed E-state index contributed by atoms with van der Waals surface area (Å²) in [5, 5.41) is 0. The van der Waals surface area contributed by atoms with Crippen LogP contribution in [0.4, 0.5) is 13.2 Å². The van der Waals surface area contributed by atoms with Crippen molar-refractivity contribution in [1.29, 1.82) is 0 Å². The minimum absolute atomic E-state index is 0.431. The van der Waals surface area contributed by atoms with Gasteiger partial charge >= 0.3 is 12.1 Å². The maximum absolute atomic E-state index is 13.0. The zero-order chi connectivity index (χ0) is 26.1. The number of ether oxygens (including phenoxy) is 1. The van der Waals surface area contributed by atoms with Crippen molar-refractivity contribution >= 4 is 23.3 Å². The third-order valence-electron chi connectivity index (χ3n) is 4.89. The Balaban J connectivity index is 1.81. The number of alkyl halides is 3. The fourth-order valence-corrected chi connectivity index (χ4v) is 3.89. The van der Waals surface area contributed by atoms with E-state index in [-0.39, 0.29) is 0 Å². The molecule has 36 heavy (non-hydrogen) atoms. The van der Waals surface area contributed by atoms with Gasteiger partial charge in [0.25, 0.3) is 0 Å². The van der Waals surface area contributed by atoms with E-state index < -0.39 is 17.7 Å². The molecule has 0 aromatic heterocycles. The van der Waals surface area contributed by atoms with Crippen molar-refractivity contribution in [2.24, 2.45) is 0 Å². The number of thioether (sulfide) groups is 1. The summed E-state index contributed by atoms with van der Waals surface area (Å²) in [6, 6.07) is 17.6. The van der Waals surface area contributed by atoms with Crippen LogP contribution in [-0.2, 0) is 15.9 Å². The van der Waals surface area contributed by atoms with Crippen molar-refractivity contribution in [2.45, 2.75) is 24.9 Å². The molecule has 0 atom stereocenters. The molecule has 4 nitrogen and oxygen atoms in total. The summed E-state index contributed by atoms with van der Waals surface area (Å²) in [4.78, 5) is 21.4. The molecule has 0 radical (unpaired) electrons. The standard InChI is InChI=1S/C28H23F3O4S/c1-19-18-26(14-15-27(19)35-34-20(2)32)36-17-16-23(7-4-21-5-12-25(33-3)13-6-21)22-8-10-24(11-9-22)28(29,30)31/h5-6,8-16,18H,17H2,1-3H3/b23-16+. The van der Waals surface area contributed by atoms with Gasteiger partial charge in [-0.3, -0.25) is 9.78 Å². The van der Waals surface area contributed by atoms with E-state index in [0.717, 1.165) is 28.2 Å². The van der Waals surface area contributed by atoms with E-state index in [9.17, 15) is 18.0 Å². The van der Waals surface area contributed by atoms with Crippen LogP contribution in [0, 0.1) is 18.8 Å². The Kier molecular flexibility index (Phi) is 9.09. The minimum Gasteiger partial charge on any atom is -0.497 e. The van der Waals surface area contributed by atoms with Crippen molar-refractivity contribution in [3.8, 4) is 23.3 Å². The van der Waals surface area contributed by atoms with Gasteiger partial charge in [0.1, 0.15) is 5.75 Å². The molecule has 0 amide bonds. The Morgan fingerprint density at radius 1 is 1.03 bits per heavy atom. The highest BCUT2D eigenvalue weighted by molar-refractivity contribution is 7.99. The Bertz CT molecular complexity index is 1290. The second-order valence-electron chi connectivity index (χ2n) is 7.57. The van der Waals surface area contributed by atoms with Crippen molar-refractivity contribution in [1.82, 2.24) is 0 Å². The number of benzene rings is 3. The lowest BCUT2D eigenvalue weighted by atomic mass is 10.0. The second-order valence-corrected chi connectivity index (χ2v) is 8.66. The van der Waals surface area contributed by atoms with Gasteiger partial charge in [-0.1, -0.05) is 30.0 Å². The second kappa shape index (κ2) is 12.2.